The normalized spacial score (nSPS) is 11.2. The molecule has 4 N–H and O–H groups in total. The molecule has 0 radical (unpaired) electrons. The van der Waals surface area contributed by atoms with E-state index in [1.165, 1.54) is 0 Å². The highest BCUT2D eigenvalue weighted by Gasteiger charge is 2.26. The first-order chi connectivity index (χ1) is 18.3. The van der Waals surface area contributed by atoms with Gasteiger partial charge in [0, 0.05) is 33.9 Å². The van der Waals surface area contributed by atoms with E-state index in [4.69, 9.17) is 38.4 Å². The Hall–Kier alpha value is -4.28. The first-order valence-electron chi connectivity index (χ1n) is 11.7. The summed E-state index contributed by atoms with van der Waals surface area (Å²) in [5.41, 5.74) is 9.38. The number of aromatic nitrogens is 4. The van der Waals surface area contributed by atoms with Crippen LogP contribution in [-0.4, -0.2) is 38.1 Å². The molecule has 6 aromatic rings. The predicted octanol–water partition coefficient (Wildman–Crippen LogP) is 7.03. The minimum atomic E-state index is -0.484. The van der Waals surface area contributed by atoms with Gasteiger partial charge in [-0.1, -0.05) is 23.2 Å². The van der Waals surface area contributed by atoms with Gasteiger partial charge < -0.3 is 25.2 Å². The van der Waals surface area contributed by atoms with E-state index in [1.807, 2.05) is 19.1 Å². The van der Waals surface area contributed by atoms with Crippen molar-refractivity contribution >= 4 is 78.2 Å². The summed E-state index contributed by atoms with van der Waals surface area (Å²) in [4.78, 5) is 25.2. The number of nitro benzene ring substituents is 1. The van der Waals surface area contributed by atoms with Crippen molar-refractivity contribution in [1.29, 1.82) is 0 Å². The Labute approximate surface area is 225 Å². The lowest BCUT2D eigenvalue weighted by Crippen LogP contribution is -1.99. The van der Waals surface area contributed by atoms with Crippen LogP contribution in [0.25, 0.3) is 43.6 Å². The van der Waals surface area contributed by atoms with E-state index >= 15 is 0 Å². The van der Waals surface area contributed by atoms with Crippen LogP contribution in [0.5, 0.6) is 11.5 Å². The second-order valence-corrected chi connectivity index (χ2v) is 9.01. The molecule has 0 amide bonds. The molecule has 0 bridgehead atoms. The Morgan fingerprint density at radius 3 is 1.92 bits per heavy atom. The lowest BCUT2D eigenvalue weighted by Gasteiger charge is -2.09. The van der Waals surface area contributed by atoms with E-state index in [9.17, 15) is 10.1 Å². The number of nitrogens with two attached hydrogens (primary N) is 1. The molecule has 0 unspecified atom stereocenters. The van der Waals surface area contributed by atoms with Crippen molar-refractivity contribution in [2.75, 3.05) is 18.9 Å². The highest BCUT2D eigenvalue weighted by Crippen LogP contribution is 2.43. The third-order valence-electron chi connectivity index (χ3n) is 5.98. The highest BCUT2D eigenvalue weighted by atomic mass is 35.5. The van der Waals surface area contributed by atoms with Crippen molar-refractivity contribution in [3.63, 3.8) is 0 Å². The topological polar surface area (TPSA) is 145 Å². The van der Waals surface area contributed by atoms with Gasteiger partial charge in [0.05, 0.1) is 57.1 Å². The van der Waals surface area contributed by atoms with Gasteiger partial charge in [-0.2, -0.15) is 0 Å². The van der Waals surface area contributed by atoms with Crippen molar-refractivity contribution in [2.24, 2.45) is 0 Å². The first kappa shape index (κ1) is 25.4. The second kappa shape index (κ2) is 10.2. The average Bonchev–Trinajstić information content (AvgIpc) is 3.46. The van der Waals surface area contributed by atoms with Gasteiger partial charge in [-0.25, -0.2) is 0 Å². The Morgan fingerprint density at radius 2 is 1.37 bits per heavy atom. The van der Waals surface area contributed by atoms with E-state index < -0.39 is 4.92 Å². The van der Waals surface area contributed by atoms with Crippen LogP contribution >= 0.6 is 23.2 Å². The van der Waals surface area contributed by atoms with E-state index in [1.54, 1.807) is 43.8 Å². The van der Waals surface area contributed by atoms with Crippen LogP contribution in [0.2, 0.25) is 10.0 Å². The molecule has 0 aliphatic carbocycles. The van der Waals surface area contributed by atoms with Crippen molar-refractivity contribution in [3.8, 4) is 11.5 Å². The number of halogens is 2. The van der Waals surface area contributed by atoms with E-state index in [0.29, 0.717) is 40.6 Å². The number of anilines is 1. The molecule has 4 aromatic heterocycles. The molecule has 0 fully saturated rings. The molecular formula is C26H22Cl2N6O4. The number of pyridine rings is 2. The summed E-state index contributed by atoms with van der Waals surface area (Å²) >= 11 is 12.3. The molecule has 38 heavy (non-hydrogen) atoms. The van der Waals surface area contributed by atoms with Gasteiger partial charge >= 0.3 is 5.69 Å². The zero-order valence-electron chi connectivity index (χ0n) is 20.3. The number of benzene rings is 2. The number of nitrogen functional groups attached to an aromatic ring is 1. The number of ether oxygens (including phenoxy) is 2. The molecule has 12 heteroatoms. The maximum Gasteiger partial charge on any atom is 0.336 e. The lowest BCUT2D eigenvalue weighted by molar-refractivity contribution is -0.384. The number of nitrogens with zero attached hydrogens (tertiary/aromatic N) is 3. The van der Waals surface area contributed by atoms with Gasteiger partial charge in [-0.05, 0) is 38.1 Å². The molecule has 194 valence electrons. The fourth-order valence-corrected chi connectivity index (χ4v) is 4.95. The number of nitro groups is 1. The molecule has 0 aliphatic rings. The quantitative estimate of drug-likeness (QED) is 0.118. The molecule has 4 heterocycles. The van der Waals surface area contributed by atoms with Crippen LogP contribution in [0.15, 0.2) is 49.1 Å². The number of rotatable bonds is 5. The summed E-state index contributed by atoms with van der Waals surface area (Å²) < 4.78 is 10.8. The summed E-state index contributed by atoms with van der Waals surface area (Å²) in [6.45, 7) is 4.47. The van der Waals surface area contributed by atoms with Gasteiger partial charge in [0.25, 0.3) is 0 Å². The van der Waals surface area contributed by atoms with Crippen LogP contribution in [0.3, 0.4) is 0 Å². The first-order valence-corrected chi connectivity index (χ1v) is 12.4. The predicted molar refractivity (Wildman–Crippen MR) is 151 cm³/mol. The molecule has 0 saturated heterocycles. The second-order valence-electron chi connectivity index (χ2n) is 8.20. The standard InChI is InChI=1S/C13H10ClN3O3.C13H12ClN3O/c1-2-20-13-9(14)5-8-7-3-4-15-6-10(7)16-11(8)12(13)17(18)19;1-2-18-13-9(14)5-8-7-3-4-16-6-10(7)17-12(8)11(13)15/h3-6,16H,2H2,1H3;3-6,17H,2,15H2,1H3. The minimum absolute atomic E-state index is 0.0891. The maximum absolute atomic E-state index is 11.4. The zero-order chi connectivity index (χ0) is 27.0. The van der Waals surface area contributed by atoms with Crippen LogP contribution in [0.4, 0.5) is 11.4 Å². The molecule has 0 spiro atoms. The van der Waals surface area contributed by atoms with Crippen molar-refractivity contribution < 1.29 is 14.4 Å². The van der Waals surface area contributed by atoms with Crippen LogP contribution in [0.1, 0.15) is 13.8 Å². The molecule has 6 rings (SSSR count). The lowest BCUT2D eigenvalue weighted by atomic mass is 10.1. The molecular weight excluding hydrogens is 531 g/mol. The van der Waals surface area contributed by atoms with E-state index in [2.05, 4.69) is 19.9 Å². The summed E-state index contributed by atoms with van der Waals surface area (Å²) in [5.74, 6) is 0.623. The minimum Gasteiger partial charge on any atom is -0.490 e. The molecule has 10 nitrogen and oxygen atoms in total. The van der Waals surface area contributed by atoms with Crippen LogP contribution in [0, 0.1) is 10.1 Å². The Bertz CT molecular complexity index is 1830. The third kappa shape index (κ3) is 4.27. The van der Waals surface area contributed by atoms with Gasteiger partial charge in [0.1, 0.15) is 11.2 Å². The molecule has 2 aromatic carbocycles. The number of hydrogen-bond acceptors (Lipinski definition) is 7. The third-order valence-corrected chi connectivity index (χ3v) is 6.54. The SMILES string of the molecule is CCOc1c(Cl)cc2c([nH]c3cnccc32)c1N.CCOc1c(Cl)cc2c([nH]c3cnccc32)c1[N+](=O)[O-]. The van der Waals surface area contributed by atoms with Gasteiger partial charge in [-0.15, -0.1) is 0 Å². The largest absolute Gasteiger partial charge is 0.490 e. The van der Waals surface area contributed by atoms with Crippen LogP contribution < -0.4 is 15.2 Å². The highest BCUT2D eigenvalue weighted by molar-refractivity contribution is 6.35. The fourth-order valence-electron chi connectivity index (χ4n) is 4.43. The molecule has 0 saturated carbocycles. The van der Waals surface area contributed by atoms with E-state index in [-0.39, 0.29) is 16.5 Å². The Morgan fingerprint density at radius 1 is 0.868 bits per heavy atom. The van der Waals surface area contributed by atoms with Gasteiger partial charge in [0.2, 0.25) is 5.75 Å². The maximum atomic E-state index is 11.4. The van der Waals surface area contributed by atoms with Crippen LogP contribution in [-0.2, 0) is 0 Å². The summed E-state index contributed by atoms with van der Waals surface area (Å²) in [7, 11) is 0. The van der Waals surface area contributed by atoms with E-state index in [0.717, 1.165) is 32.7 Å². The van der Waals surface area contributed by atoms with Crippen molar-refractivity contribution in [2.45, 2.75) is 13.8 Å². The van der Waals surface area contributed by atoms with Gasteiger partial charge in [-0.3, -0.25) is 20.1 Å². The summed E-state index contributed by atoms with van der Waals surface area (Å²) in [5, 5.41) is 15.7. The number of aromatic amines is 2. The van der Waals surface area contributed by atoms with Gasteiger partial charge in [0.15, 0.2) is 5.75 Å². The number of nitrogens with one attached hydrogen (secondary N) is 2. The fraction of sp³-hybridized carbons (Fsp3) is 0.154. The number of fused-ring (bicyclic) bond motifs is 6. The molecule has 0 aliphatic heterocycles. The molecule has 0 atom stereocenters. The zero-order valence-corrected chi connectivity index (χ0v) is 21.9. The Balaban J connectivity index is 0.000000156. The summed E-state index contributed by atoms with van der Waals surface area (Å²) in [6, 6.07) is 7.27. The summed E-state index contributed by atoms with van der Waals surface area (Å²) in [6.07, 6.45) is 6.76. The smallest absolute Gasteiger partial charge is 0.336 e. The van der Waals surface area contributed by atoms with Crippen molar-refractivity contribution in [1.82, 2.24) is 19.9 Å². The average molecular weight is 553 g/mol. The number of hydrogen-bond donors (Lipinski definition) is 3. The van der Waals surface area contributed by atoms with Crippen molar-refractivity contribution in [3.05, 3.63) is 69.2 Å². The Kier molecular flexibility index (Phi) is 6.83. The monoisotopic (exact) mass is 552 g/mol. The number of H-pyrrole nitrogens is 2.